The Labute approximate surface area is 54.2 Å². The van der Waals surface area contributed by atoms with Gasteiger partial charge in [0.15, 0.2) is 0 Å². The molecule has 0 aromatic carbocycles. The van der Waals surface area contributed by atoms with E-state index in [1.165, 1.54) is 0 Å². The molecule has 1 fully saturated rings. The van der Waals surface area contributed by atoms with Gasteiger partial charge in [-0.1, -0.05) is 0 Å². The highest BCUT2D eigenvalue weighted by atomic mass is 19.1. The van der Waals surface area contributed by atoms with Gasteiger partial charge in [0.1, 0.15) is 6.17 Å². The molecule has 0 spiro atoms. The Hall–Kier alpha value is -0.150. The summed E-state index contributed by atoms with van der Waals surface area (Å²) in [5.41, 5.74) is 5.42. The molecule has 1 heterocycles. The third-order valence-corrected chi connectivity index (χ3v) is 1.60. The van der Waals surface area contributed by atoms with Crippen LogP contribution in [0.1, 0.15) is 12.8 Å². The Morgan fingerprint density at radius 2 is 2.00 bits per heavy atom. The van der Waals surface area contributed by atoms with Crippen molar-refractivity contribution in [2.45, 2.75) is 25.1 Å². The summed E-state index contributed by atoms with van der Waals surface area (Å²) in [6.07, 6.45) is 0.259. The normalized spacial score (nSPS) is 38.0. The Bertz CT molecular complexity index is 79.1. The predicted octanol–water partition coefficient (Wildman–Crippen LogP) is 0.462. The minimum atomic E-state index is -0.854. The first-order chi connectivity index (χ1) is 4.30. The van der Waals surface area contributed by atoms with Gasteiger partial charge in [-0.15, -0.1) is 0 Å². The molecule has 0 radical (unpaired) electrons. The fourth-order valence-corrected chi connectivity index (χ4v) is 0.912. The quantitative estimate of drug-likeness (QED) is 0.521. The number of halogens is 1. The Morgan fingerprint density at radius 1 is 1.33 bits per heavy atom. The van der Waals surface area contributed by atoms with Crippen molar-refractivity contribution in [1.82, 2.24) is 0 Å². The molecule has 54 valence electrons. The lowest BCUT2D eigenvalue weighted by Gasteiger charge is -2.09. The molecule has 9 heavy (non-hydrogen) atoms. The van der Waals surface area contributed by atoms with E-state index in [0.717, 1.165) is 0 Å². The second-order valence-electron chi connectivity index (χ2n) is 2.37. The highest BCUT2D eigenvalue weighted by molar-refractivity contribution is 4.73. The van der Waals surface area contributed by atoms with E-state index in [1.54, 1.807) is 0 Å². The zero-order valence-electron chi connectivity index (χ0n) is 5.35. The van der Waals surface area contributed by atoms with E-state index < -0.39 is 6.17 Å². The monoisotopic (exact) mass is 133 g/mol. The summed E-state index contributed by atoms with van der Waals surface area (Å²) < 4.78 is 17.6. The van der Waals surface area contributed by atoms with E-state index >= 15 is 0 Å². The van der Waals surface area contributed by atoms with Gasteiger partial charge in [0.05, 0.1) is 0 Å². The van der Waals surface area contributed by atoms with E-state index in [9.17, 15) is 4.39 Å². The van der Waals surface area contributed by atoms with Gasteiger partial charge in [-0.05, 0) is 6.42 Å². The maximum atomic E-state index is 12.6. The highest BCUT2D eigenvalue weighted by Gasteiger charge is 2.18. The minimum absolute atomic E-state index is 0.299. The number of alkyl halides is 1. The van der Waals surface area contributed by atoms with Crippen molar-refractivity contribution in [3.8, 4) is 0 Å². The van der Waals surface area contributed by atoms with Crippen LogP contribution in [0.5, 0.6) is 0 Å². The molecule has 1 aliphatic heterocycles. The van der Waals surface area contributed by atoms with Gasteiger partial charge in [0, 0.05) is 25.7 Å². The fourth-order valence-electron chi connectivity index (χ4n) is 0.912. The van der Waals surface area contributed by atoms with Gasteiger partial charge < -0.3 is 10.5 Å². The zero-order valence-corrected chi connectivity index (χ0v) is 5.35. The van der Waals surface area contributed by atoms with Crippen molar-refractivity contribution >= 4 is 0 Å². The van der Waals surface area contributed by atoms with E-state index in [0.29, 0.717) is 26.1 Å². The van der Waals surface area contributed by atoms with Crippen LogP contribution >= 0.6 is 0 Å². The summed E-state index contributed by atoms with van der Waals surface area (Å²) in [5.74, 6) is 0. The largest absolute Gasteiger partial charge is 0.381 e. The second kappa shape index (κ2) is 3.13. The molecule has 0 aromatic heterocycles. The van der Waals surface area contributed by atoms with Gasteiger partial charge >= 0.3 is 0 Å². The first kappa shape index (κ1) is 6.96. The van der Waals surface area contributed by atoms with E-state index in [2.05, 4.69) is 0 Å². The summed E-state index contributed by atoms with van der Waals surface area (Å²) in [4.78, 5) is 0. The molecule has 1 saturated heterocycles. The van der Waals surface area contributed by atoms with Gasteiger partial charge in [-0.25, -0.2) is 4.39 Å². The molecule has 3 heteroatoms. The minimum Gasteiger partial charge on any atom is -0.381 e. The maximum Gasteiger partial charge on any atom is 0.117 e. The highest BCUT2D eigenvalue weighted by Crippen LogP contribution is 2.09. The van der Waals surface area contributed by atoms with Gasteiger partial charge in [-0.2, -0.15) is 0 Å². The molecule has 0 amide bonds. The Balaban J connectivity index is 2.32. The summed E-state index contributed by atoms with van der Waals surface area (Å²) in [6, 6.07) is -0.299. The van der Waals surface area contributed by atoms with Crippen LogP contribution in [0.3, 0.4) is 0 Å². The first-order valence-corrected chi connectivity index (χ1v) is 3.28. The lowest BCUT2D eigenvalue weighted by Crippen LogP contribution is -2.30. The number of hydrogen-bond donors (Lipinski definition) is 1. The molecule has 1 rings (SSSR count). The topological polar surface area (TPSA) is 35.2 Å². The molecule has 2 nitrogen and oxygen atoms in total. The fraction of sp³-hybridized carbons (Fsp3) is 1.00. The van der Waals surface area contributed by atoms with Crippen LogP contribution in [0.2, 0.25) is 0 Å². The van der Waals surface area contributed by atoms with Crippen molar-refractivity contribution in [3.05, 3.63) is 0 Å². The Kier molecular flexibility index (Phi) is 2.42. The van der Waals surface area contributed by atoms with Crippen molar-refractivity contribution in [1.29, 1.82) is 0 Å². The third-order valence-electron chi connectivity index (χ3n) is 1.60. The van der Waals surface area contributed by atoms with Crippen LogP contribution in [0.25, 0.3) is 0 Å². The number of hydrogen-bond acceptors (Lipinski definition) is 2. The zero-order chi connectivity index (χ0) is 6.69. The molecule has 0 aliphatic carbocycles. The Morgan fingerprint density at radius 3 is 2.78 bits per heavy atom. The summed E-state index contributed by atoms with van der Waals surface area (Å²) >= 11 is 0. The number of ether oxygens (including phenoxy) is 1. The lowest BCUT2D eigenvalue weighted by molar-refractivity contribution is 0.138. The van der Waals surface area contributed by atoms with E-state index in [4.69, 9.17) is 10.5 Å². The maximum absolute atomic E-state index is 12.6. The first-order valence-electron chi connectivity index (χ1n) is 3.28. The van der Waals surface area contributed by atoms with E-state index in [-0.39, 0.29) is 6.04 Å². The van der Waals surface area contributed by atoms with Gasteiger partial charge in [-0.3, -0.25) is 0 Å². The smallest absolute Gasteiger partial charge is 0.117 e. The summed E-state index contributed by atoms with van der Waals surface area (Å²) in [6.45, 7) is 1.14. The number of nitrogens with two attached hydrogens (primary N) is 1. The average molecular weight is 133 g/mol. The second-order valence-corrected chi connectivity index (χ2v) is 2.37. The molecule has 0 unspecified atom stereocenters. The molecule has 0 aromatic rings. The molecule has 0 saturated carbocycles. The van der Waals surface area contributed by atoms with Crippen LogP contribution in [0, 0.1) is 0 Å². The van der Waals surface area contributed by atoms with Crippen LogP contribution in [0.15, 0.2) is 0 Å². The van der Waals surface area contributed by atoms with Crippen LogP contribution in [-0.4, -0.2) is 25.4 Å². The molecular formula is C6H12FNO. The van der Waals surface area contributed by atoms with Crippen molar-refractivity contribution in [2.24, 2.45) is 5.73 Å². The number of rotatable bonds is 0. The van der Waals surface area contributed by atoms with Gasteiger partial charge in [0.25, 0.3) is 0 Å². The molecule has 1 aliphatic rings. The van der Waals surface area contributed by atoms with Gasteiger partial charge in [0.2, 0.25) is 0 Å². The average Bonchev–Trinajstić information content (AvgIpc) is 1.99. The van der Waals surface area contributed by atoms with Crippen molar-refractivity contribution in [3.63, 3.8) is 0 Å². The third kappa shape index (κ3) is 1.91. The van der Waals surface area contributed by atoms with E-state index in [1.807, 2.05) is 0 Å². The van der Waals surface area contributed by atoms with Crippen LogP contribution in [-0.2, 0) is 4.74 Å². The van der Waals surface area contributed by atoms with Crippen molar-refractivity contribution in [2.75, 3.05) is 13.2 Å². The van der Waals surface area contributed by atoms with Crippen LogP contribution < -0.4 is 5.73 Å². The molecule has 2 N–H and O–H groups in total. The summed E-state index contributed by atoms with van der Waals surface area (Å²) in [7, 11) is 0. The molecule has 2 atom stereocenters. The molecule has 0 bridgehead atoms. The molecular weight excluding hydrogens is 121 g/mol. The predicted molar refractivity (Wildman–Crippen MR) is 32.9 cm³/mol. The lowest BCUT2D eigenvalue weighted by atomic mass is 10.1. The summed E-state index contributed by atoms with van der Waals surface area (Å²) in [5, 5.41) is 0. The van der Waals surface area contributed by atoms with Crippen LogP contribution in [0.4, 0.5) is 4.39 Å². The SMILES string of the molecule is N[C@@H]1CCOCC[C@@H]1F. The van der Waals surface area contributed by atoms with Crippen molar-refractivity contribution < 1.29 is 9.13 Å². The standard InChI is InChI=1S/C6H12FNO/c7-5-1-3-9-4-2-6(5)8/h5-6H,1-4,8H2/t5-,6+/m0/s1.